The first-order chi connectivity index (χ1) is 8.17. The molecule has 0 bridgehead atoms. The second-order valence-corrected chi connectivity index (χ2v) is 6.10. The molecule has 0 amide bonds. The highest BCUT2D eigenvalue weighted by molar-refractivity contribution is 7.89. The fourth-order valence-corrected chi connectivity index (χ4v) is 3.13. The second-order valence-electron chi connectivity index (χ2n) is 4.12. The largest absolute Gasteiger partial charge is 0.397 e. The van der Waals surface area contributed by atoms with Gasteiger partial charge in [-0.1, -0.05) is 12.1 Å². The van der Waals surface area contributed by atoms with Crippen LogP contribution in [0.5, 0.6) is 0 Å². The fourth-order valence-electron chi connectivity index (χ4n) is 1.60. The third-order valence-corrected chi connectivity index (χ3v) is 4.70. The number of halogens is 2. The summed E-state index contributed by atoms with van der Waals surface area (Å²) in [4.78, 5) is -0.0920. The molecule has 2 N–H and O–H groups in total. The molecule has 1 aromatic rings. The van der Waals surface area contributed by atoms with Gasteiger partial charge in [-0.2, -0.15) is 4.31 Å². The monoisotopic (exact) mass is 278 g/mol. The van der Waals surface area contributed by atoms with E-state index in [1.807, 2.05) is 0 Å². The van der Waals surface area contributed by atoms with Gasteiger partial charge in [0, 0.05) is 7.05 Å². The fraction of sp³-hybridized carbons (Fsp3) is 0.455. The number of sulfonamides is 1. The van der Waals surface area contributed by atoms with Crippen LogP contribution in [0.2, 0.25) is 0 Å². The van der Waals surface area contributed by atoms with Crippen LogP contribution in [0.1, 0.15) is 11.1 Å². The van der Waals surface area contributed by atoms with Gasteiger partial charge < -0.3 is 5.73 Å². The van der Waals surface area contributed by atoms with Crippen molar-refractivity contribution in [1.82, 2.24) is 4.31 Å². The van der Waals surface area contributed by atoms with Gasteiger partial charge in [0.1, 0.15) is 4.90 Å². The molecule has 4 nitrogen and oxygen atoms in total. The Hall–Kier alpha value is -1.21. The van der Waals surface area contributed by atoms with Gasteiger partial charge in [-0.15, -0.1) is 0 Å². The molecule has 0 atom stereocenters. The van der Waals surface area contributed by atoms with Crippen LogP contribution >= 0.6 is 0 Å². The number of aryl methyl sites for hydroxylation is 2. The molecule has 0 unspecified atom stereocenters. The summed E-state index contributed by atoms with van der Waals surface area (Å²) in [5.74, 6) is 0. The van der Waals surface area contributed by atoms with Crippen LogP contribution in [0.15, 0.2) is 17.0 Å². The second kappa shape index (κ2) is 5.19. The van der Waals surface area contributed by atoms with Crippen molar-refractivity contribution in [2.45, 2.75) is 25.2 Å². The molecule has 0 radical (unpaired) electrons. The predicted octanol–water partition coefficient (Wildman–Crippen LogP) is 1.77. The van der Waals surface area contributed by atoms with E-state index < -0.39 is 23.0 Å². The molecule has 102 valence electrons. The summed E-state index contributed by atoms with van der Waals surface area (Å²) in [6.07, 6.45) is -2.73. The maximum atomic E-state index is 12.3. The van der Waals surface area contributed by atoms with Crippen LogP contribution in [0.4, 0.5) is 14.5 Å². The number of hydrogen-bond acceptors (Lipinski definition) is 3. The summed E-state index contributed by atoms with van der Waals surface area (Å²) in [7, 11) is -2.88. The number of anilines is 1. The van der Waals surface area contributed by atoms with Gasteiger partial charge in [-0.05, 0) is 25.0 Å². The first-order valence-electron chi connectivity index (χ1n) is 5.28. The van der Waals surface area contributed by atoms with E-state index in [1.54, 1.807) is 26.0 Å². The van der Waals surface area contributed by atoms with Crippen molar-refractivity contribution in [3.05, 3.63) is 23.3 Å². The molecular formula is C11H16F2N2O2S. The minimum Gasteiger partial charge on any atom is -0.397 e. The Bertz CT molecular complexity index is 544. The number of nitrogen functional groups attached to an aromatic ring is 1. The highest BCUT2D eigenvalue weighted by Gasteiger charge is 2.27. The van der Waals surface area contributed by atoms with E-state index in [-0.39, 0.29) is 10.6 Å². The molecule has 0 aliphatic rings. The Labute approximate surface area is 105 Å². The van der Waals surface area contributed by atoms with Crippen molar-refractivity contribution >= 4 is 15.7 Å². The number of nitrogens with two attached hydrogens (primary N) is 1. The Morgan fingerprint density at radius 2 is 1.78 bits per heavy atom. The lowest BCUT2D eigenvalue weighted by Gasteiger charge is -2.20. The normalized spacial score (nSPS) is 12.4. The van der Waals surface area contributed by atoms with E-state index in [2.05, 4.69) is 0 Å². The molecule has 0 heterocycles. The molecule has 1 aromatic carbocycles. The molecule has 1 rings (SSSR count). The highest BCUT2D eigenvalue weighted by Crippen LogP contribution is 2.28. The summed E-state index contributed by atoms with van der Waals surface area (Å²) >= 11 is 0. The van der Waals surface area contributed by atoms with Crippen molar-refractivity contribution in [1.29, 1.82) is 0 Å². The molecule has 0 saturated carbocycles. The molecule has 0 aliphatic heterocycles. The van der Waals surface area contributed by atoms with Gasteiger partial charge in [-0.25, -0.2) is 17.2 Å². The molecule has 0 fully saturated rings. The third kappa shape index (κ3) is 2.78. The van der Waals surface area contributed by atoms with Crippen molar-refractivity contribution in [3.8, 4) is 0 Å². The average Bonchev–Trinajstić information content (AvgIpc) is 2.22. The van der Waals surface area contributed by atoms with Gasteiger partial charge in [-0.3, -0.25) is 0 Å². The Kier molecular flexibility index (Phi) is 4.28. The molecule has 0 aromatic heterocycles. The number of nitrogens with zero attached hydrogens (tertiary/aromatic N) is 1. The standard InChI is InChI=1S/C11H16F2N2O2S/c1-7-4-5-8(2)11(10(7)14)18(16,17)15(3)6-9(12)13/h4-5,9H,6,14H2,1-3H3. The van der Waals surface area contributed by atoms with E-state index in [1.165, 1.54) is 0 Å². The summed E-state index contributed by atoms with van der Waals surface area (Å²) in [6.45, 7) is 2.40. The van der Waals surface area contributed by atoms with Crippen LogP contribution in [0.25, 0.3) is 0 Å². The zero-order valence-electron chi connectivity index (χ0n) is 10.4. The van der Waals surface area contributed by atoms with Crippen molar-refractivity contribution in [2.24, 2.45) is 0 Å². The SMILES string of the molecule is Cc1ccc(C)c(S(=O)(=O)N(C)CC(F)F)c1N. The van der Waals surface area contributed by atoms with Gasteiger partial charge in [0.05, 0.1) is 12.2 Å². The maximum absolute atomic E-state index is 12.3. The number of alkyl halides is 2. The summed E-state index contributed by atoms with van der Waals surface area (Å²) < 4.78 is 49.5. The Balaban J connectivity index is 3.33. The molecular weight excluding hydrogens is 262 g/mol. The van der Waals surface area contributed by atoms with Crippen molar-refractivity contribution < 1.29 is 17.2 Å². The van der Waals surface area contributed by atoms with Crippen molar-refractivity contribution in [2.75, 3.05) is 19.3 Å². The number of benzene rings is 1. The highest BCUT2D eigenvalue weighted by atomic mass is 32.2. The third-order valence-electron chi connectivity index (χ3n) is 2.67. The smallest absolute Gasteiger partial charge is 0.252 e. The Morgan fingerprint density at radius 3 is 2.28 bits per heavy atom. The van der Waals surface area contributed by atoms with E-state index in [0.717, 1.165) is 7.05 Å². The summed E-state index contributed by atoms with van der Waals surface area (Å²) in [5.41, 5.74) is 6.90. The first-order valence-corrected chi connectivity index (χ1v) is 6.72. The maximum Gasteiger partial charge on any atom is 0.252 e. The number of rotatable bonds is 4. The molecule has 18 heavy (non-hydrogen) atoms. The lowest BCUT2D eigenvalue weighted by Crippen LogP contribution is -2.32. The lowest BCUT2D eigenvalue weighted by molar-refractivity contribution is 0.126. The quantitative estimate of drug-likeness (QED) is 0.854. The van der Waals surface area contributed by atoms with E-state index >= 15 is 0 Å². The minimum atomic E-state index is -3.99. The van der Waals surface area contributed by atoms with Crippen molar-refractivity contribution in [3.63, 3.8) is 0 Å². The lowest BCUT2D eigenvalue weighted by atomic mass is 10.1. The predicted molar refractivity (Wildman–Crippen MR) is 66.1 cm³/mol. The minimum absolute atomic E-state index is 0.0920. The average molecular weight is 278 g/mol. The summed E-state index contributed by atoms with van der Waals surface area (Å²) in [6, 6.07) is 3.30. The van der Waals surface area contributed by atoms with Crippen LogP contribution in [0.3, 0.4) is 0 Å². The van der Waals surface area contributed by atoms with Gasteiger partial charge >= 0.3 is 0 Å². The Morgan fingerprint density at radius 1 is 1.28 bits per heavy atom. The molecule has 0 spiro atoms. The van der Waals surface area contributed by atoms with E-state index in [0.29, 0.717) is 15.4 Å². The number of hydrogen-bond donors (Lipinski definition) is 1. The summed E-state index contributed by atoms with van der Waals surface area (Å²) in [5, 5.41) is 0. The molecule has 0 aliphatic carbocycles. The van der Waals surface area contributed by atoms with Crippen LogP contribution in [-0.4, -0.2) is 32.7 Å². The first kappa shape index (κ1) is 14.8. The topological polar surface area (TPSA) is 63.4 Å². The van der Waals surface area contributed by atoms with E-state index in [9.17, 15) is 17.2 Å². The zero-order chi connectivity index (χ0) is 14.1. The van der Waals surface area contributed by atoms with E-state index in [4.69, 9.17) is 5.73 Å². The van der Waals surface area contributed by atoms with Gasteiger partial charge in [0.25, 0.3) is 6.43 Å². The molecule has 0 saturated heterocycles. The van der Waals surface area contributed by atoms with Crippen LogP contribution in [0, 0.1) is 13.8 Å². The van der Waals surface area contributed by atoms with Gasteiger partial charge in [0.15, 0.2) is 0 Å². The van der Waals surface area contributed by atoms with Crippen LogP contribution < -0.4 is 5.73 Å². The zero-order valence-corrected chi connectivity index (χ0v) is 11.3. The van der Waals surface area contributed by atoms with Crippen LogP contribution in [-0.2, 0) is 10.0 Å². The molecule has 7 heteroatoms. The van der Waals surface area contributed by atoms with Gasteiger partial charge in [0.2, 0.25) is 10.0 Å².